The van der Waals surface area contributed by atoms with Gasteiger partial charge in [-0.05, 0) is 49.6 Å². The van der Waals surface area contributed by atoms with E-state index >= 15 is 0 Å². The summed E-state index contributed by atoms with van der Waals surface area (Å²) in [5.41, 5.74) is 3.31. The average Bonchev–Trinajstić information content (AvgIpc) is 2.60. The highest BCUT2D eigenvalue weighted by Gasteiger charge is 2.16. The molecule has 0 unspecified atom stereocenters. The highest BCUT2D eigenvalue weighted by molar-refractivity contribution is 9.10. The van der Waals surface area contributed by atoms with E-state index in [-0.39, 0.29) is 18.6 Å². The normalized spacial score (nSPS) is 11.7. The summed E-state index contributed by atoms with van der Waals surface area (Å²) in [4.78, 5) is 24.3. The monoisotopic (exact) mass is 403 g/mol. The van der Waals surface area contributed by atoms with Gasteiger partial charge in [0.1, 0.15) is 0 Å². The number of amides is 1. The van der Waals surface area contributed by atoms with Crippen LogP contribution in [-0.4, -0.2) is 18.5 Å². The van der Waals surface area contributed by atoms with Crippen molar-refractivity contribution in [2.75, 3.05) is 6.61 Å². The van der Waals surface area contributed by atoms with Crippen LogP contribution in [0, 0.1) is 13.8 Å². The van der Waals surface area contributed by atoms with Gasteiger partial charge >= 0.3 is 5.97 Å². The second-order valence-corrected chi connectivity index (χ2v) is 6.89. The maximum Gasteiger partial charge on any atom is 0.338 e. The Kier molecular flexibility index (Phi) is 6.76. The molecular weight excluding hydrogens is 382 g/mol. The maximum atomic E-state index is 12.2. The highest BCUT2D eigenvalue weighted by Crippen LogP contribution is 2.19. The summed E-state index contributed by atoms with van der Waals surface area (Å²) in [6.45, 7) is 5.46. The topological polar surface area (TPSA) is 55.4 Å². The summed E-state index contributed by atoms with van der Waals surface area (Å²) in [5, 5.41) is 2.90. The van der Waals surface area contributed by atoms with Crippen LogP contribution in [0.5, 0.6) is 0 Å². The minimum absolute atomic E-state index is 0.111. The lowest BCUT2D eigenvalue weighted by molar-refractivity contribution is -0.125. The van der Waals surface area contributed by atoms with E-state index in [1.807, 2.05) is 57.2 Å². The molecule has 0 radical (unpaired) electrons. The van der Waals surface area contributed by atoms with Gasteiger partial charge in [-0.3, -0.25) is 4.79 Å². The van der Waals surface area contributed by atoms with Gasteiger partial charge < -0.3 is 10.1 Å². The van der Waals surface area contributed by atoms with Gasteiger partial charge in [-0.2, -0.15) is 0 Å². The van der Waals surface area contributed by atoms with Gasteiger partial charge in [0, 0.05) is 4.47 Å². The SMILES string of the molecule is CC[C@H](NC(=O)COC(=O)c1cc(C)ccc1C)c1ccc(Br)cc1. The number of aryl methyl sites for hydroxylation is 2. The van der Waals surface area contributed by atoms with Crippen molar-refractivity contribution in [1.29, 1.82) is 0 Å². The summed E-state index contributed by atoms with van der Waals surface area (Å²) < 4.78 is 6.15. The van der Waals surface area contributed by atoms with Crippen LogP contribution in [0.3, 0.4) is 0 Å². The minimum Gasteiger partial charge on any atom is -0.452 e. The molecule has 0 bridgehead atoms. The predicted molar refractivity (Wildman–Crippen MR) is 102 cm³/mol. The Bertz CT molecular complexity index is 756. The van der Waals surface area contributed by atoms with E-state index in [1.54, 1.807) is 6.07 Å². The van der Waals surface area contributed by atoms with E-state index < -0.39 is 5.97 Å². The zero-order valence-electron chi connectivity index (χ0n) is 14.6. The molecule has 1 N–H and O–H groups in total. The molecule has 0 saturated carbocycles. The Hall–Kier alpha value is -2.14. The zero-order chi connectivity index (χ0) is 18.4. The molecule has 132 valence electrons. The van der Waals surface area contributed by atoms with Crippen LogP contribution in [0.15, 0.2) is 46.9 Å². The molecule has 0 aliphatic rings. The van der Waals surface area contributed by atoms with Crippen molar-refractivity contribution < 1.29 is 14.3 Å². The van der Waals surface area contributed by atoms with Crippen molar-refractivity contribution in [2.45, 2.75) is 33.2 Å². The first-order valence-corrected chi connectivity index (χ1v) is 8.99. The number of nitrogens with one attached hydrogen (secondary N) is 1. The standard InChI is InChI=1S/C20H22BrNO3/c1-4-18(15-7-9-16(21)10-8-15)22-19(23)12-25-20(24)17-11-13(2)5-6-14(17)3/h5-11,18H,4,12H2,1-3H3,(H,22,23)/t18-/m0/s1. The number of halogens is 1. The molecule has 4 nitrogen and oxygen atoms in total. The zero-order valence-corrected chi connectivity index (χ0v) is 16.2. The van der Waals surface area contributed by atoms with E-state index in [9.17, 15) is 9.59 Å². The first-order chi connectivity index (χ1) is 11.9. The van der Waals surface area contributed by atoms with Gasteiger partial charge in [-0.15, -0.1) is 0 Å². The molecule has 0 spiro atoms. The molecule has 0 fully saturated rings. The minimum atomic E-state index is -0.479. The second-order valence-electron chi connectivity index (χ2n) is 5.97. The molecule has 1 atom stereocenters. The number of benzene rings is 2. The lowest BCUT2D eigenvalue weighted by atomic mass is 10.0. The largest absolute Gasteiger partial charge is 0.452 e. The van der Waals surface area contributed by atoms with Crippen LogP contribution in [-0.2, 0) is 9.53 Å². The lowest BCUT2D eigenvalue weighted by Gasteiger charge is -2.17. The summed E-state index contributed by atoms with van der Waals surface area (Å²) >= 11 is 3.40. The molecule has 5 heteroatoms. The molecule has 0 heterocycles. The molecule has 0 aromatic heterocycles. The summed E-state index contributed by atoms with van der Waals surface area (Å²) in [7, 11) is 0. The van der Waals surface area contributed by atoms with Gasteiger partial charge in [-0.25, -0.2) is 4.79 Å². The Morgan fingerprint density at radius 2 is 1.80 bits per heavy atom. The Morgan fingerprint density at radius 1 is 1.12 bits per heavy atom. The molecule has 1 amide bonds. The number of ether oxygens (including phenoxy) is 1. The van der Waals surface area contributed by atoms with Crippen LogP contribution in [0.2, 0.25) is 0 Å². The fourth-order valence-electron chi connectivity index (χ4n) is 2.52. The van der Waals surface area contributed by atoms with Crippen LogP contribution in [0.4, 0.5) is 0 Å². The maximum absolute atomic E-state index is 12.2. The predicted octanol–water partition coefficient (Wildman–Crippen LogP) is 4.49. The van der Waals surface area contributed by atoms with Crippen molar-refractivity contribution >= 4 is 27.8 Å². The molecular formula is C20H22BrNO3. The van der Waals surface area contributed by atoms with Gasteiger partial charge in [0.15, 0.2) is 6.61 Å². The number of carbonyl (C=O) groups is 2. The van der Waals surface area contributed by atoms with Crippen LogP contribution in [0.25, 0.3) is 0 Å². The lowest BCUT2D eigenvalue weighted by Crippen LogP contribution is -2.32. The quantitative estimate of drug-likeness (QED) is 0.722. The summed E-state index contributed by atoms with van der Waals surface area (Å²) in [6, 6.07) is 13.2. The van der Waals surface area contributed by atoms with Crippen molar-refractivity contribution in [1.82, 2.24) is 5.32 Å². The Labute approximate surface area is 156 Å². The van der Waals surface area contributed by atoms with Crippen LogP contribution in [0.1, 0.15) is 46.4 Å². The third-order valence-corrected chi connectivity index (χ3v) is 4.49. The van der Waals surface area contributed by atoms with E-state index in [0.29, 0.717) is 5.56 Å². The average molecular weight is 404 g/mol. The number of esters is 1. The number of hydrogen-bond donors (Lipinski definition) is 1. The van der Waals surface area contributed by atoms with Crippen molar-refractivity contribution in [3.8, 4) is 0 Å². The number of carbonyl (C=O) groups excluding carboxylic acids is 2. The van der Waals surface area contributed by atoms with E-state index in [4.69, 9.17) is 4.74 Å². The van der Waals surface area contributed by atoms with Crippen molar-refractivity contribution in [3.63, 3.8) is 0 Å². The third-order valence-electron chi connectivity index (χ3n) is 3.96. The van der Waals surface area contributed by atoms with E-state index in [0.717, 1.165) is 27.6 Å². The smallest absolute Gasteiger partial charge is 0.338 e. The van der Waals surface area contributed by atoms with Crippen molar-refractivity contribution in [3.05, 3.63) is 69.2 Å². The number of hydrogen-bond acceptors (Lipinski definition) is 3. The van der Waals surface area contributed by atoms with Gasteiger partial charge in [-0.1, -0.05) is 52.7 Å². The first-order valence-electron chi connectivity index (χ1n) is 8.20. The summed E-state index contributed by atoms with van der Waals surface area (Å²) in [5.74, 6) is -0.790. The molecule has 0 aliphatic heterocycles. The van der Waals surface area contributed by atoms with E-state index in [2.05, 4.69) is 21.2 Å². The Morgan fingerprint density at radius 3 is 2.44 bits per heavy atom. The molecule has 25 heavy (non-hydrogen) atoms. The van der Waals surface area contributed by atoms with Crippen molar-refractivity contribution in [2.24, 2.45) is 0 Å². The van der Waals surface area contributed by atoms with Gasteiger partial charge in [0.2, 0.25) is 0 Å². The summed E-state index contributed by atoms with van der Waals surface area (Å²) in [6.07, 6.45) is 0.748. The van der Waals surface area contributed by atoms with Gasteiger partial charge in [0.25, 0.3) is 5.91 Å². The molecule has 0 saturated heterocycles. The third kappa shape index (κ3) is 5.43. The fourth-order valence-corrected chi connectivity index (χ4v) is 2.78. The first kappa shape index (κ1) is 19.2. The number of rotatable bonds is 6. The van der Waals surface area contributed by atoms with Gasteiger partial charge in [0.05, 0.1) is 11.6 Å². The second kappa shape index (κ2) is 8.81. The Balaban J connectivity index is 1.94. The fraction of sp³-hybridized carbons (Fsp3) is 0.300. The van der Waals surface area contributed by atoms with Crippen LogP contribution < -0.4 is 5.32 Å². The molecule has 2 aromatic carbocycles. The highest BCUT2D eigenvalue weighted by atomic mass is 79.9. The molecule has 2 aromatic rings. The molecule has 2 rings (SSSR count). The van der Waals surface area contributed by atoms with Crippen LogP contribution >= 0.6 is 15.9 Å². The molecule has 0 aliphatic carbocycles. The van der Waals surface area contributed by atoms with E-state index in [1.165, 1.54) is 0 Å².